The lowest BCUT2D eigenvalue weighted by Crippen LogP contribution is -2.07. The summed E-state index contributed by atoms with van der Waals surface area (Å²) in [5, 5.41) is 0. The Labute approximate surface area is 89.0 Å². The highest BCUT2D eigenvalue weighted by atomic mass is 32.2. The first-order chi connectivity index (χ1) is 7.06. The third-order valence-electron chi connectivity index (χ3n) is 1.78. The average Bonchev–Trinajstić information content (AvgIpc) is 2.18. The molecule has 0 amide bonds. The molecular formula is C10H12O4S. The highest BCUT2D eigenvalue weighted by Gasteiger charge is 2.13. The zero-order chi connectivity index (χ0) is 11.3. The van der Waals surface area contributed by atoms with Gasteiger partial charge in [-0.3, -0.25) is 4.18 Å². The number of aryl methyl sites for hydroxylation is 1. The summed E-state index contributed by atoms with van der Waals surface area (Å²) in [7, 11) is -3.71. The van der Waals surface area contributed by atoms with Crippen LogP contribution in [0.2, 0.25) is 0 Å². The van der Waals surface area contributed by atoms with E-state index in [1.807, 2.05) is 6.92 Å². The minimum Gasteiger partial charge on any atom is -0.303 e. The van der Waals surface area contributed by atoms with Crippen LogP contribution in [0.5, 0.6) is 0 Å². The summed E-state index contributed by atoms with van der Waals surface area (Å²) in [4.78, 5) is 10.1. The van der Waals surface area contributed by atoms with Crippen LogP contribution < -0.4 is 0 Å². The number of aldehydes is 1. The number of rotatable bonds is 5. The maximum atomic E-state index is 11.5. The van der Waals surface area contributed by atoms with Crippen LogP contribution in [-0.4, -0.2) is 21.3 Å². The van der Waals surface area contributed by atoms with Crippen LogP contribution in [0.1, 0.15) is 12.0 Å². The zero-order valence-electron chi connectivity index (χ0n) is 8.34. The molecule has 0 unspecified atom stereocenters. The van der Waals surface area contributed by atoms with Gasteiger partial charge in [-0.25, -0.2) is 0 Å². The van der Waals surface area contributed by atoms with Crippen molar-refractivity contribution in [2.45, 2.75) is 18.2 Å². The molecule has 1 aromatic carbocycles. The highest BCUT2D eigenvalue weighted by molar-refractivity contribution is 7.86. The normalized spacial score (nSPS) is 11.3. The molecule has 4 nitrogen and oxygen atoms in total. The predicted molar refractivity (Wildman–Crippen MR) is 55.0 cm³/mol. The molecular weight excluding hydrogens is 216 g/mol. The fourth-order valence-corrected chi connectivity index (χ4v) is 1.90. The van der Waals surface area contributed by atoms with E-state index in [0.29, 0.717) is 6.29 Å². The van der Waals surface area contributed by atoms with Gasteiger partial charge in [0.1, 0.15) is 6.29 Å². The molecule has 0 aliphatic heterocycles. The Morgan fingerprint density at radius 3 is 2.40 bits per heavy atom. The summed E-state index contributed by atoms with van der Waals surface area (Å²) in [6, 6.07) is 6.34. The monoisotopic (exact) mass is 228 g/mol. The van der Waals surface area contributed by atoms with E-state index in [9.17, 15) is 13.2 Å². The molecule has 82 valence electrons. The summed E-state index contributed by atoms with van der Waals surface area (Å²) < 4.78 is 27.6. The first kappa shape index (κ1) is 11.9. The molecule has 0 saturated carbocycles. The molecule has 15 heavy (non-hydrogen) atoms. The predicted octanol–water partition coefficient (Wildman–Crippen LogP) is 1.29. The molecule has 0 N–H and O–H groups in total. The van der Waals surface area contributed by atoms with Crippen molar-refractivity contribution in [1.82, 2.24) is 0 Å². The van der Waals surface area contributed by atoms with Crippen LogP contribution in [0.3, 0.4) is 0 Å². The molecule has 5 heteroatoms. The minimum absolute atomic E-state index is 0.0745. The molecule has 0 spiro atoms. The van der Waals surface area contributed by atoms with E-state index in [1.54, 1.807) is 12.1 Å². The van der Waals surface area contributed by atoms with Crippen molar-refractivity contribution in [2.24, 2.45) is 0 Å². The van der Waals surface area contributed by atoms with Crippen LogP contribution in [-0.2, 0) is 19.1 Å². The quantitative estimate of drug-likeness (QED) is 0.433. The van der Waals surface area contributed by atoms with Gasteiger partial charge in [0, 0.05) is 6.42 Å². The van der Waals surface area contributed by atoms with Crippen LogP contribution in [0, 0.1) is 6.92 Å². The largest absolute Gasteiger partial charge is 0.303 e. The molecule has 0 radical (unpaired) electrons. The molecule has 0 aromatic heterocycles. The average molecular weight is 228 g/mol. The maximum absolute atomic E-state index is 11.5. The van der Waals surface area contributed by atoms with Gasteiger partial charge < -0.3 is 4.79 Å². The third kappa shape index (κ3) is 3.45. The van der Waals surface area contributed by atoms with E-state index in [2.05, 4.69) is 4.18 Å². The molecule has 1 rings (SSSR count). The molecule has 0 aliphatic rings. The first-order valence-corrected chi connectivity index (χ1v) is 5.87. The topological polar surface area (TPSA) is 60.4 Å². The summed E-state index contributed by atoms with van der Waals surface area (Å²) in [6.07, 6.45) is 0.690. The third-order valence-corrected chi connectivity index (χ3v) is 3.11. The lowest BCUT2D eigenvalue weighted by molar-refractivity contribution is -0.108. The standard InChI is InChI=1S/C10H12O4S/c1-9-3-5-10(6-4-9)15(12,13)14-8-2-7-11/h3-7H,2,8H2,1H3. The van der Waals surface area contributed by atoms with Gasteiger partial charge in [-0.05, 0) is 19.1 Å². The number of hydrogen-bond acceptors (Lipinski definition) is 4. The Morgan fingerprint density at radius 2 is 1.87 bits per heavy atom. The summed E-state index contributed by atoms with van der Waals surface area (Å²) >= 11 is 0. The second-order valence-corrected chi connectivity index (χ2v) is 4.66. The van der Waals surface area contributed by atoms with Crippen molar-refractivity contribution in [1.29, 1.82) is 0 Å². The second-order valence-electron chi connectivity index (χ2n) is 3.04. The Balaban J connectivity index is 2.77. The van der Waals surface area contributed by atoms with Crippen molar-refractivity contribution in [3.05, 3.63) is 29.8 Å². The second kappa shape index (κ2) is 5.04. The van der Waals surface area contributed by atoms with Crippen molar-refractivity contribution in [3.63, 3.8) is 0 Å². The van der Waals surface area contributed by atoms with Crippen LogP contribution in [0.4, 0.5) is 0 Å². The Hall–Kier alpha value is -1.20. The van der Waals surface area contributed by atoms with Gasteiger partial charge in [0.15, 0.2) is 0 Å². The van der Waals surface area contributed by atoms with Gasteiger partial charge in [-0.15, -0.1) is 0 Å². The smallest absolute Gasteiger partial charge is 0.296 e. The SMILES string of the molecule is Cc1ccc(S(=O)(=O)OCCC=O)cc1. The molecule has 0 atom stereocenters. The van der Waals surface area contributed by atoms with E-state index >= 15 is 0 Å². The molecule has 0 saturated heterocycles. The van der Waals surface area contributed by atoms with Crippen molar-refractivity contribution < 1.29 is 17.4 Å². The summed E-state index contributed by atoms with van der Waals surface area (Å²) in [5.74, 6) is 0. The van der Waals surface area contributed by atoms with Gasteiger partial charge in [0.2, 0.25) is 0 Å². The number of carbonyl (C=O) groups excluding carboxylic acids is 1. The van der Waals surface area contributed by atoms with E-state index < -0.39 is 10.1 Å². The van der Waals surface area contributed by atoms with E-state index in [1.165, 1.54) is 12.1 Å². The summed E-state index contributed by atoms with van der Waals surface area (Å²) in [5.41, 5.74) is 0.974. The fourth-order valence-electron chi connectivity index (χ4n) is 0.979. The molecule has 0 heterocycles. The lowest BCUT2D eigenvalue weighted by atomic mass is 10.2. The molecule has 0 aliphatic carbocycles. The number of carbonyl (C=O) groups is 1. The van der Waals surface area contributed by atoms with Gasteiger partial charge >= 0.3 is 0 Å². The maximum Gasteiger partial charge on any atom is 0.296 e. The van der Waals surface area contributed by atoms with Gasteiger partial charge in [0.05, 0.1) is 11.5 Å². The van der Waals surface area contributed by atoms with E-state index in [4.69, 9.17) is 0 Å². The Bertz CT molecular complexity index is 419. The molecule has 0 bridgehead atoms. The van der Waals surface area contributed by atoms with Crippen LogP contribution in [0.25, 0.3) is 0 Å². The number of benzene rings is 1. The van der Waals surface area contributed by atoms with E-state index in [-0.39, 0.29) is 17.9 Å². The minimum atomic E-state index is -3.71. The Kier molecular flexibility index (Phi) is 3.99. The Morgan fingerprint density at radius 1 is 1.27 bits per heavy atom. The van der Waals surface area contributed by atoms with Crippen molar-refractivity contribution in [3.8, 4) is 0 Å². The highest BCUT2D eigenvalue weighted by Crippen LogP contribution is 2.12. The molecule has 1 aromatic rings. The van der Waals surface area contributed by atoms with E-state index in [0.717, 1.165) is 5.56 Å². The van der Waals surface area contributed by atoms with Gasteiger partial charge in [-0.2, -0.15) is 8.42 Å². The first-order valence-electron chi connectivity index (χ1n) is 4.46. The van der Waals surface area contributed by atoms with Gasteiger partial charge in [0.25, 0.3) is 10.1 Å². The van der Waals surface area contributed by atoms with Crippen molar-refractivity contribution >= 4 is 16.4 Å². The summed E-state index contributed by atoms with van der Waals surface area (Å²) in [6.45, 7) is 1.75. The zero-order valence-corrected chi connectivity index (χ0v) is 9.16. The van der Waals surface area contributed by atoms with Crippen LogP contribution >= 0.6 is 0 Å². The van der Waals surface area contributed by atoms with Crippen molar-refractivity contribution in [2.75, 3.05) is 6.61 Å². The lowest BCUT2D eigenvalue weighted by Gasteiger charge is -2.03. The van der Waals surface area contributed by atoms with Crippen LogP contribution in [0.15, 0.2) is 29.2 Å². The molecule has 0 fully saturated rings. The van der Waals surface area contributed by atoms with Gasteiger partial charge in [-0.1, -0.05) is 17.7 Å². The fraction of sp³-hybridized carbons (Fsp3) is 0.300. The number of hydrogen-bond donors (Lipinski definition) is 0.